The third-order valence-corrected chi connectivity index (χ3v) is 5.96. The molecule has 1 atom stereocenters. The highest BCUT2D eigenvalue weighted by molar-refractivity contribution is 6.11. The third kappa shape index (κ3) is 3.66. The molecule has 3 amide bonds. The number of Topliss-reactive ketones (excluding diaryl/α,β-unsaturated/α-hetero) is 1. The Morgan fingerprint density at radius 1 is 1.16 bits per heavy atom. The smallest absolute Gasteiger partial charge is 0.325 e. The Morgan fingerprint density at radius 2 is 1.90 bits per heavy atom. The van der Waals surface area contributed by atoms with Gasteiger partial charge in [-0.2, -0.15) is 0 Å². The van der Waals surface area contributed by atoms with Crippen molar-refractivity contribution in [3.63, 3.8) is 0 Å². The topological polar surface area (TPSA) is 89.9 Å². The fourth-order valence-corrected chi connectivity index (χ4v) is 4.35. The summed E-state index contributed by atoms with van der Waals surface area (Å²) in [4.78, 5) is 39.7. The molecule has 1 saturated heterocycles. The molecule has 0 bridgehead atoms. The Bertz CT molecular complexity index is 1070. The van der Waals surface area contributed by atoms with Crippen molar-refractivity contribution in [2.75, 3.05) is 13.3 Å². The standard InChI is InChI=1S/C23H27N3O5/c1-5-8-25-14(2)9-17(15(25)3)18(27)12-26-21(28)23(4,24-22(26)29)11-16-6-7-19-20(10-16)31-13-30-19/h6-7,9-10H,5,8,11-13H2,1-4H3,(H,24,29)/t23-/m1/s1. The molecule has 2 aliphatic heterocycles. The van der Waals surface area contributed by atoms with Gasteiger partial charge in [0.05, 0.1) is 6.54 Å². The lowest BCUT2D eigenvalue weighted by molar-refractivity contribution is -0.130. The van der Waals surface area contributed by atoms with E-state index in [4.69, 9.17) is 9.47 Å². The van der Waals surface area contributed by atoms with Gasteiger partial charge < -0.3 is 19.4 Å². The predicted octanol–water partition coefficient (Wildman–Crippen LogP) is 2.98. The molecule has 0 aliphatic carbocycles. The molecule has 8 heteroatoms. The molecule has 1 N–H and O–H groups in total. The monoisotopic (exact) mass is 425 g/mol. The first-order valence-corrected chi connectivity index (χ1v) is 10.5. The van der Waals surface area contributed by atoms with E-state index in [0.717, 1.165) is 34.8 Å². The van der Waals surface area contributed by atoms with Gasteiger partial charge in [-0.3, -0.25) is 14.5 Å². The molecule has 0 saturated carbocycles. The fraction of sp³-hybridized carbons (Fsp3) is 0.435. The van der Waals surface area contributed by atoms with Crippen LogP contribution in [0.2, 0.25) is 0 Å². The fourth-order valence-electron chi connectivity index (χ4n) is 4.35. The van der Waals surface area contributed by atoms with Gasteiger partial charge in [0.1, 0.15) is 5.54 Å². The van der Waals surface area contributed by atoms with E-state index in [2.05, 4.69) is 16.8 Å². The number of amides is 3. The van der Waals surface area contributed by atoms with E-state index in [9.17, 15) is 14.4 Å². The van der Waals surface area contributed by atoms with E-state index < -0.39 is 17.5 Å². The molecule has 2 aliphatic rings. The Labute approximate surface area is 181 Å². The summed E-state index contributed by atoms with van der Waals surface area (Å²) in [5.74, 6) is 0.619. The van der Waals surface area contributed by atoms with Crippen LogP contribution in [0.5, 0.6) is 11.5 Å². The number of hydrogen-bond donors (Lipinski definition) is 1. The average Bonchev–Trinajstić information content (AvgIpc) is 3.35. The summed E-state index contributed by atoms with van der Waals surface area (Å²) in [6.07, 6.45) is 1.24. The van der Waals surface area contributed by atoms with Crippen LogP contribution < -0.4 is 14.8 Å². The first kappa shape index (κ1) is 21.0. The van der Waals surface area contributed by atoms with Gasteiger partial charge in [0.2, 0.25) is 6.79 Å². The summed E-state index contributed by atoms with van der Waals surface area (Å²) in [6, 6.07) is 6.72. The van der Waals surface area contributed by atoms with Crippen molar-refractivity contribution in [2.24, 2.45) is 0 Å². The van der Waals surface area contributed by atoms with E-state index in [1.54, 1.807) is 13.0 Å². The second-order valence-electron chi connectivity index (χ2n) is 8.38. The Morgan fingerprint density at radius 3 is 2.65 bits per heavy atom. The van der Waals surface area contributed by atoms with Gasteiger partial charge in [-0.1, -0.05) is 13.0 Å². The van der Waals surface area contributed by atoms with Gasteiger partial charge >= 0.3 is 6.03 Å². The normalized spacial score (nSPS) is 19.8. The average molecular weight is 425 g/mol. The first-order valence-electron chi connectivity index (χ1n) is 10.5. The van der Waals surface area contributed by atoms with Crippen LogP contribution in [0.3, 0.4) is 0 Å². The van der Waals surface area contributed by atoms with Gasteiger partial charge in [-0.05, 0) is 51.0 Å². The molecule has 31 heavy (non-hydrogen) atoms. The Hall–Kier alpha value is -3.29. The maximum Gasteiger partial charge on any atom is 0.325 e. The predicted molar refractivity (Wildman–Crippen MR) is 113 cm³/mol. The molecule has 3 heterocycles. The largest absolute Gasteiger partial charge is 0.454 e. The summed E-state index contributed by atoms with van der Waals surface area (Å²) < 4.78 is 12.8. The lowest BCUT2D eigenvalue weighted by Gasteiger charge is -2.21. The number of nitrogens with zero attached hydrogens (tertiary/aromatic N) is 2. The molecular formula is C23H27N3O5. The minimum Gasteiger partial charge on any atom is -0.454 e. The van der Waals surface area contributed by atoms with Crippen molar-refractivity contribution in [1.29, 1.82) is 0 Å². The lowest BCUT2D eigenvalue weighted by Crippen LogP contribution is -2.46. The van der Waals surface area contributed by atoms with E-state index in [0.29, 0.717) is 17.1 Å². The zero-order valence-corrected chi connectivity index (χ0v) is 18.3. The number of carbonyl (C=O) groups is 3. The van der Waals surface area contributed by atoms with Gasteiger partial charge in [0, 0.05) is 29.9 Å². The number of ether oxygens (including phenoxy) is 2. The summed E-state index contributed by atoms with van der Waals surface area (Å²) in [6.45, 7) is 8.31. The van der Waals surface area contributed by atoms with E-state index in [-0.39, 0.29) is 25.5 Å². The maximum absolute atomic E-state index is 13.1. The van der Waals surface area contributed by atoms with Crippen molar-refractivity contribution in [1.82, 2.24) is 14.8 Å². The van der Waals surface area contributed by atoms with Gasteiger partial charge in [0.25, 0.3) is 5.91 Å². The number of aromatic nitrogens is 1. The van der Waals surface area contributed by atoms with Crippen LogP contribution >= 0.6 is 0 Å². The SMILES string of the molecule is CCCn1c(C)cc(C(=O)CN2C(=O)N[C@](C)(Cc3ccc4c(c3)OCO4)C2=O)c1C. The minimum atomic E-state index is -1.13. The van der Waals surface area contributed by atoms with Crippen molar-refractivity contribution in [3.8, 4) is 11.5 Å². The third-order valence-electron chi connectivity index (χ3n) is 5.96. The van der Waals surface area contributed by atoms with Crippen LogP contribution in [0.1, 0.15) is 47.6 Å². The van der Waals surface area contributed by atoms with E-state index in [1.165, 1.54) is 0 Å². The second-order valence-corrected chi connectivity index (χ2v) is 8.38. The molecule has 1 aromatic carbocycles. The molecule has 4 rings (SSSR count). The number of aryl methyl sites for hydroxylation is 1. The molecular weight excluding hydrogens is 398 g/mol. The zero-order chi connectivity index (χ0) is 22.3. The highest BCUT2D eigenvalue weighted by Crippen LogP contribution is 2.34. The van der Waals surface area contributed by atoms with Crippen molar-refractivity contribution in [3.05, 3.63) is 46.8 Å². The first-order chi connectivity index (χ1) is 14.7. The number of benzene rings is 1. The molecule has 0 spiro atoms. The van der Waals surface area contributed by atoms with Crippen molar-refractivity contribution < 1.29 is 23.9 Å². The molecule has 1 aromatic heterocycles. The molecule has 8 nitrogen and oxygen atoms in total. The molecule has 0 unspecified atom stereocenters. The summed E-state index contributed by atoms with van der Waals surface area (Å²) >= 11 is 0. The van der Waals surface area contributed by atoms with Gasteiger partial charge in [0.15, 0.2) is 17.3 Å². The maximum atomic E-state index is 13.1. The van der Waals surface area contributed by atoms with Crippen LogP contribution in [0.25, 0.3) is 0 Å². The molecule has 2 aromatic rings. The Balaban J connectivity index is 1.50. The summed E-state index contributed by atoms with van der Waals surface area (Å²) in [5.41, 5.74) is 2.10. The second kappa shape index (κ2) is 7.76. The number of imide groups is 1. The number of nitrogens with one attached hydrogen (secondary N) is 1. The number of fused-ring (bicyclic) bond motifs is 1. The van der Waals surface area contributed by atoms with Gasteiger partial charge in [-0.25, -0.2) is 4.79 Å². The quantitative estimate of drug-likeness (QED) is 0.544. The molecule has 164 valence electrons. The van der Waals surface area contributed by atoms with Crippen LogP contribution in [0.4, 0.5) is 4.79 Å². The van der Waals surface area contributed by atoms with Gasteiger partial charge in [-0.15, -0.1) is 0 Å². The highest BCUT2D eigenvalue weighted by Gasteiger charge is 2.48. The van der Waals surface area contributed by atoms with Crippen LogP contribution in [-0.4, -0.2) is 46.1 Å². The summed E-state index contributed by atoms with van der Waals surface area (Å²) in [5, 5.41) is 2.76. The van der Waals surface area contributed by atoms with E-state index >= 15 is 0 Å². The molecule has 1 fully saturated rings. The lowest BCUT2D eigenvalue weighted by atomic mass is 9.92. The highest BCUT2D eigenvalue weighted by atomic mass is 16.7. The van der Waals surface area contributed by atoms with Crippen molar-refractivity contribution in [2.45, 2.75) is 52.6 Å². The number of rotatable bonds is 7. The van der Waals surface area contributed by atoms with E-state index in [1.807, 2.05) is 32.0 Å². The van der Waals surface area contributed by atoms with Crippen molar-refractivity contribution >= 4 is 17.7 Å². The number of urea groups is 1. The Kier molecular flexibility index (Phi) is 5.24. The zero-order valence-electron chi connectivity index (χ0n) is 18.3. The minimum absolute atomic E-state index is 0.167. The van der Waals surface area contributed by atoms with Crippen LogP contribution in [0.15, 0.2) is 24.3 Å². The number of ketones is 1. The number of hydrogen-bond acceptors (Lipinski definition) is 5. The molecule has 0 radical (unpaired) electrons. The van der Waals surface area contributed by atoms with Crippen LogP contribution in [-0.2, 0) is 17.8 Å². The van der Waals surface area contributed by atoms with Crippen LogP contribution in [0, 0.1) is 13.8 Å². The number of carbonyl (C=O) groups excluding carboxylic acids is 3. The summed E-state index contributed by atoms with van der Waals surface area (Å²) in [7, 11) is 0.